The van der Waals surface area contributed by atoms with Crippen molar-refractivity contribution in [3.63, 3.8) is 0 Å². The average molecular weight is 256 g/mol. The van der Waals surface area contributed by atoms with Crippen molar-refractivity contribution >= 4 is 23.5 Å². The van der Waals surface area contributed by atoms with E-state index in [4.69, 9.17) is 0 Å². The van der Waals surface area contributed by atoms with E-state index in [-0.39, 0.29) is 11.9 Å². The van der Waals surface area contributed by atoms with Crippen molar-refractivity contribution in [2.24, 2.45) is 5.92 Å². The molecule has 0 spiro atoms. The Labute approximate surface area is 107 Å². The van der Waals surface area contributed by atoms with Gasteiger partial charge in [-0.15, -0.1) is 0 Å². The lowest BCUT2D eigenvalue weighted by molar-refractivity contribution is -0.134. The Morgan fingerprint density at radius 1 is 1.53 bits per heavy atom. The van der Waals surface area contributed by atoms with E-state index in [0.717, 1.165) is 43.6 Å². The van der Waals surface area contributed by atoms with Crippen LogP contribution in [0.15, 0.2) is 12.2 Å². The summed E-state index contributed by atoms with van der Waals surface area (Å²) in [4.78, 5) is 22.3. The Morgan fingerprint density at radius 3 is 3.06 bits per heavy atom. The summed E-state index contributed by atoms with van der Waals surface area (Å²) in [7, 11) is 1.37. The normalized spacial score (nSPS) is 20.8. The molecule has 0 amide bonds. The molecule has 1 unspecified atom stereocenters. The lowest BCUT2D eigenvalue weighted by atomic mass is 9.96. The van der Waals surface area contributed by atoms with Crippen LogP contribution < -0.4 is 0 Å². The van der Waals surface area contributed by atoms with Crippen molar-refractivity contribution in [2.45, 2.75) is 32.1 Å². The van der Waals surface area contributed by atoms with Crippen molar-refractivity contribution in [1.82, 2.24) is 0 Å². The number of ether oxygens (including phenoxy) is 1. The number of thioether (sulfide) groups is 1. The summed E-state index contributed by atoms with van der Waals surface area (Å²) in [6, 6.07) is 0. The molecule has 0 saturated carbocycles. The van der Waals surface area contributed by atoms with Crippen LogP contribution in [0, 0.1) is 5.92 Å². The third kappa shape index (κ3) is 5.91. The number of carbonyl (C=O) groups excluding carboxylic acids is 2. The van der Waals surface area contributed by atoms with Crippen LogP contribution in [-0.4, -0.2) is 30.4 Å². The predicted molar refractivity (Wildman–Crippen MR) is 70.1 cm³/mol. The molecule has 0 radical (unpaired) electrons. The largest absolute Gasteiger partial charge is 0.466 e. The molecule has 1 aliphatic rings. The molecular weight excluding hydrogens is 236 g/mol. The topological polar surface area (TPSA) is 43.4 Å². The second-order valence-electron chi connectivity index (χ2n) is 4.20. The zero-order chi connectivity index (χ0) is 12.5. The number of esters is 1. The van der Waals surface area contributed by atoms with E-state index in [2.05, 4.69) is 4.74 Å². The Balaban J connectivity index is 2.05. The van der Waals surface area contributed by atoms with Gasteiger partial charge in [-0.3, -0.25) is 4.79 Å². The number of unbranched alkanes of at least 4 members (excludes halogenated alkanes) is 2. The number of Topliss-reactive ketones (excluding diaryl/α,β-unsaturated/α-hetero) is 1. The minimum Gasteiger partial charge on any atom is -0.466 e. The van der Waals surface area contributed by atoms with Crippen LogP contribution >= 0.6 is 11.8 Å². The highest BCUT2D eigenvalue weighted by Gasteiger charge is 2.21. The molecule has 0 N–H and O–H groups in total. The van der Waals surface area contributed by atoms with Gasteiger partial charge in [-0.2, -0.15) is 11.8 Å². The van der Waals surface area contributed by atoms with Crippen LogP contribution in [-0.2, 0) is 14.3 Å². The van der Waals surface area contributed by atoms with Gasteiger partial charge in [-0.1, -0.05) is 12.5 Å². The minimum atomic E-state index is -0.302. The number of rotatable bonds is 6. The molecule has 0 aromatic rings. The molecule has 1 atom stereocenters. The van der Waals surface area contributed by atoms with E-state index in [1.807, 2.05) is 17.8 Å². The second kappa shape index (κ2) is 8.34. The summed E-state index contributed by atoms with van der Waals surface area (Å²) in [5, 5.41) is 0. The van der Waals surface area contributed by atoms with Crippen LogP contribution in [0.4, 0.5) is 0 Å². The standard InChI is InChI=1S/C13H20O3S/c1-16-13(15)7-5-3-2-4-6-11-10-17-9-8-12(11)14/h5,7,11H,2-4,6,8-10H2,1H3/b7-5+. The summed E-state index contributed by atoms with van der Waals surface area (Å²) in [6.45, 7) is 0. The van der Waals surface area contributed by atoms with Gasteiger partial charge in [0.25, 0.3) is 0 Å². The van der Waals surface area contributed by atoms with Gasteiger partial charge in [0.15, 0.2) is 0 Å². The maximum atomic E-state index is 11.6. The lowest BCUT2D eigenvalue weighted by Gasteiger charge is -2.19. The molecule has 0 aromatic heterocycles. The van der Waals surface area contributed by atoms with Gasteiger partial charge in [-0.25, -0.2) is 4.79 Å². The molecule has 1 saturated heterocycles. The first-order chi connectivity index (χ1) is 8.24. The first kappa shape index (κ1) is 14.3. The van der Waals surface area contributed by atoms with Crippen molar-refractivity contribution in [1.29, 1.82) is 0 Å². The van der Waals surface area contributed by atoms with E-state index < -0.39 is 0 Å². The van der Waals surface area contributed by atoms with Gasteiger partial charge in [-0.05, 0) is 19.3 Å². The molecule has 4 heteroatoms. The molecular formula is C13H20O3S. The summed E-state index contributed by atoms with van der Waals surface area (Å²) in [6.07, 6.45) is 8.01. The minimum absolute atomic E-state index is 0.276. The number of hydrogen-bond donors (Lipinski definition) is 0. The number of allylic oxidation sites excluding steroid dienone is 1. The number of carbonyl (C=O) groups is 2. The Kier molecular flexibility index (Phi) is 7.01. The highest BCUT2D eigenvalue weighted by atomic mass is 32.2. The van der Waals surface area contributed by atoms with Gasteiger partial charge >= 0.3 is 5.97 Å². The Hall–Kier alpha value is -0.770. The van der Waals surface area contributed by atoms with E-state index in [1.165, 1.54) is 13.2 Å². The molecule has 1 heterocycles. The maximum Gasteiger partial charge on any atom is 0.330 e. The summed E-state index contributed by atoms with van der Waals surface area (Å²) < 4.78 is 4.49. The fourth-order valence-electron chi connectivity index (χ4n) is 1.84. The molecule has 1 aliphatic heterocycles. The molecule has 1 rings (SSSR count). The molecule has 17 heavy (non-hydrogen) atoms. The van der Waals surface area contributed by atoms with Crippen LogP contribution in [0.1, 0.15) is 32.1 Å². The van der Waals surface area contributed by atoms with E-state index in [0.29, 0.717) is 5.78 Å². The fraction of sp³-hybridized carbons (Fsp3) is 0.692. The average Bonchev–Trinajstić information content (AvgIpc) is 2.35. The monoisotopic (exact) mass is 256 g/mol. The predicted octanol–water partition coefficient (Wildman–Crippen LogP) is 2.60. The van der Waals surface area contributed by atoms with E-state index in [1.54, 1.807) is 0 Å². The van der Waals surface area contributed by atoms with Crippen molar-refractivity contribution < 1.29 is 14.3 Å². The molecule has 3 nitrogen and oxygen atoms in total. The maximum absolute atomic E-state index is 11.6. The number of ketones is 1. The highest BCUT2D eigenvalue weighted by Crippen LogP contribution is 2.24. The third-order valence-electron chi connectivity index (χ3n) is 2.90. The van der Waals surface area contributed by atoms with E-state index >= 15 is 0 Å². The highest BCUT2D eigenvalue weighted by molar-refractivity contribution is 7.99. The van der Waals surface area contributed by atoms with Gasteiger partial charge in [0.1, 0.15) is 5.78 Å². The fourth-order valence-corrected chi connectivity index (χ4v) is 2.99. The van der Waals surface area contributed by atoms with E-state index in [9.17, 15) is 9.59 Å². The van der Waals surface area contributed by atoms with Crippen LogP contribution in [0.2, 0.25) is 0 Å². The van der Waals surface area contributed by atoms with Crippen molar-refractivity contribution in [3.05, 3.63) is 12.2 Å². The zero-order valence-electron chi connectivity index (χ0n) is 10.3. The lowest BCUT2D eigenvalue weighted by Crippen LogP contribution is -2.22. The Bertz CT molecular complexity index is 286. The molecule has 0 aliphatic carbocycles. The van der Waals surface area contributed by atoms with Crippen LogP contribution in [0.3, 0.4) is 0 Å². The molecule has 96 valence electrons. The first-order valence-corrected chi connectivity index (χ1v) is 7.24. The number of methoxy groups -OCH3 is 1. The van der Waals surface area contributed by atoms with Gasteiger partial charge in [0.2, 0.25) is 0 Å². The first-order valence-electron chi connectivity index (χ1n) is 6.09. The molecule has 1 fully saturated rings. The molecule has 0 aromatic carbocycles. The van der Waals surface area contributed by atoms with Crippen molar-refractivity contribution in [3.8, 4) is 0 Å². The SMILES string of the molecule is COC(=O)/C=C/CCCCC1CSCCC1=O. The summed E-state index contributed by atoms with van der Waals surface area (Å²) in [5.41, 5.74) is 0. The van der Waals surface area contributed by atoms with Gasteiger partial charge < -0.3 is 4.74 Å². The Morgan fingerprint density at radius 2 is 2.35 bits per heavy atom. The van der Waals surface area contributed by atoms with Crippen LogP contribution in [0.5, 0.6) is 0 Å². The van der Waals surface area contributed by atoms with Gasteiger partial charge in [0, 0.05) is 29.9 Å². The number of hydrogen-bond acceptors (Lipinski definition) is 4. The molecule has 0 bridgehead atoms. The van der Waals surface area contributed by atoms with Crippen LogP contribution in [0.25, 0.3) is 0 Å². The quantitative estimate of drug-likeness (QED) is 0.416. The van der Waals surface area contributed by atoms with Gasteiger partial charge in [0.05, 0.1) is 7.11 Å². The third-order valence-corrected chi connectivity index (χ3v) is 4.03. The smallest absolute Gasteiger partial charge is 0.330 e. The summed E-state index contributed by atoms with van der Waals surface area (Å²) in [5.74, 6) is 2.41. The summed E-state index contributed by atoms with van der Waals surface area (Å²) >= 11 is 1.89. The van der Waals surface area contributed by atoms with Crippen molar-refractivity contribution in [2.75, 3.05) is 18.6 Å². The zero-order valence-corrected chi connectivity index (χ0v) is 11.1. The second-order valence-corrected chi connectivity index (χ2v) is 5.35.